The number of hydrogen-bond acceptors (Lipinski definition) is 5. The first kappa shape index (κ1) is 20.0. The van der Waals surface area contributed by atoms with E-state index in [1.807, 2.05) is 32.1 Å². The highest BCUT2D eigenvalue weighted by Gasteiger charge is 2.14. The maximum absolute atomic E-state index is 11.6. The van der Waals surface area contributed by atoms with E-state index in [1.165, 1.54) is 7.11 Å². The number of methoxy groups -OCH3 is 1. The van der Waals surface area contributed by atoms with E-state index in [0.717, 1.165) is 33.3 Å². The SMILES string of the molecule is C=CC(=C)c1nc2ccnc(Oc3ccc(C(=O)OC)cc3)c2cc1C(C)=CC. The topological polar surface area (TPSA) is 61.3 Å². The molecule has 2 heterocycles. The van der Waals surface area contributed by atoms with Gasteiger partial charge in [0, 0.05) is 11.8 Å². The highest BCUT2D eigenvalue weighted by Crippen LogP contribution is 2.32. The molecule has 0 aliphatic carbocycles. The zero-order valence-electron chi connectivity index (χ0n) is 16.7. The van der Waals surface area contributed by atoms with Gasteiger partial charge in [-0.25, -0.2) is 14.8 Å². The molecule has 0 N–H and O–H groups in total. The third-order valence-corrected chi connectivity index (χ3v) is 4.60. The lowest BCUT2D eigenvalue weighted by atomic mass is 9.99. The van der Waals surface area contributed by atoms with Gasteiger partial charge in [0.25, 0.3) is 0 Å². The second-order valence-electron chi connectivity index (χ2n) is 6.39. The minimum atomic E-state index is -0.398. The van der Waals surface area contributed by atoms with Gasteiger partial charge in [-0.05, 0) is 61.4 Å². The van der Waals surface area contributed by atoms with E-state index in [0.29, 0.717) is 17.2 Å². The lowest BCUT2D eigenvalue weighted by Crippen LogP contribution is -2.00. The molecular weight excluding hydrogens is 364 g/mol. The standard InChI is InChI=1S/C24H22N2O3/c1-6-15(3)19-14-20-21(26-22(19)16(4)7-2)12-13-25-23(20)29-18-10-8-17(9-11-18)24(27)28-5/h6-14H,2,4H2,1,3,5H3. The number of allylic oxidation sites excluding steroid dienone is 4. The van der Waals surface area contributed by atoms with Crippen LogP contribution >= 0.6 is 0 Å². The predicted molar refractivity (Wildman–Crippen MR) is 116 cm³/mol. The maximum atomic E-state index is 11.6. The van der Waals surface area contributed by atoms with Crippen LogP contribution in [0.5, 0.6) is 11.6 Å². The summed E-state index contributed by atoms with van der Waals surface area (Å²) in [5, 5.41) is 0.779. The zero-order chi connectivity index (χ0) is 21.0. The zero-order valence-corrected chi connectivity index (χ0v) is 16.7. The number of nitrogens with zero attached hydrogens (tertiary/aromatic N) is 2. The highest BCUT2D eigenvalue weighted by atomic mass is 16.5. The molecule has 0 bridgehead atoms. The van der Waals surface area contributed by atoms with Crippen molar-refractivity contribution in [3.63, 3.8) is 0 Å². The van der Waals surface area contributed by atoms with Crippen molar-refractivity contribution >= 4 is 28.0 Å². The Morgan fingerprint density at radius 2 is 1.90 bits per heavy atom. The number of esters is 1. The van der Waals surface area contributed by atoms with Gasteiger partial charge >= 0.3 is 5.97 Å². The van der Waals surface area contributed by atoms with E-state index in [2.05, 4.69) is 18.1 Å². The third kappa shape index (κ3) is 4.09. The molecule has 0 aliphatic heterocycles. The summed E-state index contributed by atoms with van der Waals surface area (Å²) in [5.74, 6) is 0.591. The van der Waals surface area contributed by atoms with Gasteiger partial charge in [0.05, 0.1) is 29.3 Å². The lowest BCUT2D eigenvalue weighted by Gasteiger charge is -2.13. The summed E-state index contributed by atoms with van der Waals surface area (Å²) in [7, 11) is 1.35. The van der Waals surface area contributed by atoms with Crippen LogP contribution in [0.3, 0.4) is 0 Å². The third-order valence-electron chi connectivity index (χ3n) is 4.60. The summed E-state index contributed by atoms with van der Waals surface area (Å²) in [4.78, 5) is 20.8. The average molecular weight is 386 g/mol. The fourth-order valence-corrected chi connectivity index (χ4v) is 2.84. The van der Waals surface area contributed by atoms with E-state index >= 15 is 0 Å². The second kappa shape index (κ2) is 8.52. The minimum Gasteiger partial charge on any atom is -0.465 e. The molecule has 0 atom stereocenters. The number of carbonyl (C=O) groups is 1. The Hall–Kier alpha value is -3.73. The molecule has 146 valence electrons. The minimum absolute atomic E-state index is 0.398. The monoisotopic (exact) mass is 386 g/mol. The van der Waals surface area contributed by atoms with Crippen LogP contribution in [0.1, 0.15) is 35.5 Å². The molecule has 2 aromatic heterocycles. The Labute approximate surface area is 170 Å². The van der Waals surface area contributed by atoms with Gasteiger partial charge in [0.1, 0.15) is 5.75 Å². The molecule has 1 aromatic carbocycles. The molecule has 0 spiro atoms. The van der Waals surface area contributed by atoms with Crippen LogP contribution in [-0.2, 0) is 4.74 Å². The molecule has 3 rings (SSSR count). The Kier molecular flexibility index (Phi) is 5.88. The Bertz CT molecular complexity index is 1130. The Morgan fingerprint density at radius 3 is 2.52 bits per heavy atom. The number of fused-ring (bicyclic) bond motifs is 1. The lowest BCUT2D eigenvalue weighted by molar-refractivity contribution is 0.0600. The van der Waals surface area contributed by atoms with Crippen molar-refractivity contribution in [1.82, 2.24) is 9.97 Å². The first-order valence-corrected chi connectivity index (χ1v) is 9.09. The first-order valence-electron chi connectivity index (χ1n) is 9.09. The van der Waals surface area contributed by atoms with Crippen molar-refractivity contribution in [2.24, 2.45) is 0 Å². The van der Waals surface area contributed by atoms with Crippen LogP contribution in [0.2, 0.25) is 0 Å². The summed E-state index contributed by atoms with van der Waals surface area (Å²) < 4.78 is 10.7. The second-order valence-corrected chi connectivity index (χ2v) is 6.39. The van der Waals surface area contributed by atoms with E-state index in [9.17, 15) is 4.79 Å². The summed E-state index contributed by atoms with van der Waals surface area (Å²) in [6.45, 7) is 11.9. The Balaban J connectivity index is 2.08. The summed E-state index contributed by atoms with van der Waals surface area (Å²) in [6, 6.07) is 10.5. The molecule has 0 aliphatic rings. The molecule has 0 radical (unpaired) electrons. The maximum Gasteiger partial charge on any atom is 0.337 e. The summed E-state index contributed by atoms with van der Waals surface area (Å²) in [5.41, 5.74) is 4.74. The summed E-state index contributed by atoms with van der Waals surface area (Å²) >= 11 is 0. The molecule has 0 amide bonds. The van der Waals surface area contributed by atoms with Crippen molar-refractivity contribution in [2.75, 3.05) is 7.11 Å². The van der Waals surface area contributed by atoms with Crippen molar-refractivity contribution < 1.29 is 14.3 Å². The fourth-order valence-electron chi connectivity index (χ4n) is 2.84. The predicted octanol–water partition coefficient (Wildman–Crippen LogP) is 5.83. The van der Waals surface area contributed by atoms with E-state index in [-0.39, 0.29) is 0 Å². The first-order chi connectivity index (χ1) is 14.0. The molecule has 0 unspecified atom stereocenters. The van der Waals surface area contributed by atoms with Gasteiger partial charge in [-0.2, -0.15) is 0 Å². The number of ether oxygens (including phenoxy) is 2. The normalized spacial score (nSPS) is 11.2. The molecule has 0 fully saturated rings. The summed E-state index contributed by atoms with van der Waals surface area (Å²) in [6.07, 6.45) is 5.36. The largest absolute Gasteiger partial charge is 0.465 e. The van der Waals surface area contributed by atoms with Gasteiger partial charge in [-0.15, -0.1) is 0 Å². The smallest absolute Gasteiger partial charge is 0.337 e. The van der Waals surface area contributed by atoms with Gasteiger partial charge in [0.15, 0.2) is 0 Å². The van der Waals surface area contributed by atoms with Gasteiger partial charge in [-0.1, -0.05) is 25.3 Å². The number of aromatic nitrogens is 2. The van der Waals surface area contributed by atoms with Gasteiger partial charge in [0.2, 0.25) is 5.88 Å². The van der Waals surface area contributed by atoms with Crippen molar-refractivity contribution in [3.05, 3.63) is 84.7 Å². The highest BCUT2D eigenvalue weighted by molar-refractivity contribution is 5.92. The number of hydrogen-bond donors (Lipinski definition) is 0. The fraction of sp³-hybridized carbons (Fsp3) is 0.125. The number of benzene rings is 1. The van der Waals surface area contributed by atoms with Crippen LogP contribution < -0.4 is 4.74 Å². The van der Waals surface area contributed by atoms with Crippen molar-refractivity contribution in [1.29, 1.82) is 0 Å². The van der Waals surface area contributed by atoms with E-state index < -0.39 is 5.97 Å². The van der Waals surface area contributed by atoms with Gasteiger partial charge < -0.3 is 9.47 Å². The van der Waals surface area contributed by atoms with Crippen LogP contribution in [0.4, 0.5) is 0 Å². The Morgan fingerprint density at radius 1 is 1.17 bits per heavy atom. The van der Waals surface area contributed by atoms with Gasteiger partial charge in [-0.3, -0.25) is 0 Å². The molecule has 5 nitrogen and oxygen atoms in total. The molecular formula is C24H22N2O3. The molecule has 3 aromatic rings. The molecule has 29 heavy (non-hydrogen) atoms. The number of rotatable bonds is 6. The van der Waals surface area contributed by atoms with E-state index in [4.69, 9.17) is 14.5 Å². The number of carbonyl (C=O) groups excluding carboxylic acids is 1. The van der Waals surface area contributed by atoms with Crippen LogP contribution in [0.25, 0.3) is 22.0 Å². The average Bonchev–Trinajstić information content (AvgIpc) is 2.77. The molecule has 0 saturated heterocycles. The quantitative estimate of drug-likeness (QED) is 0.394. The van der Waals surface area contributed by atoms with Crippen LogP contribution in [0, 0.1) is 0 Å². The van der Waals surface area contributed by atoms with E-state index in [1.54, 1.807) is 36.5 Å². The molecule has 0 saturated carbocycles. The van der Waals surface area contributed by atoms with Crippen LogP contribution in [0.15, 0.2) is 67.9 Å². The molecule has 5 heteroatoms. The van der Waals surface area contributed by atoms with Crippen molar-refractivity contribution in [2.45, 2.75) is 13.8 Å². The van der Waals surface area contributed by atoms with Crippen LogP contribution in [-0.4, -0.2) is 23.0 Å². The number of pyridine rings is 2. The van der Waals surface area contributed by atoms with Crippen molar-refractivity contribution in [3.8, 4) is 11.6 Å².